The third-order valence-electron chi connectivity index (χ3n) is 4.54. The number of ether oxygens (including phenoxy) is 2. The van der Waals surface area contributed by atoms with Crippen LogP contribution in [0.1, 0.15) is 61.3 Å². The molecule has 22 heavy (non-hydrogen) atoms. The molecule has 1 saturated carbocycles. The molecule has 1 aliphatic carbocycles. The van der Waals surface area contributed by atoms with Crippen molar-refractivity contribution in [2.75, 3.05) is 13.2 Å². The molecule has 1 amide bonds. The lowest BCUT2D eigenvalue weighted by Gasteiger charge is -2.54. The average molecular weight is 314 g/mol. The maximum atomic E-state index is 11.7. The van der Waals surface area contributed by atoms with E-state index in [1.807, 2.05) is 34.6 Å². The van der Waals surface area contributed by atoms with Gasteiger partial charge >= 0.3 is 6.09 Å². The summed E-state index contributed by atoms with van der Waals surface area (Å²) in [4.78, 5) is 11.7. The van der Waals surface area contributed by atoms with Crippen LogP contribution in [0.15, 0.2) is 0 Å². The van der Waals surface area contributed by atoms with Crippen LogP contribution in [0.3, 0.4) is 0 Å². The standard InChI is InChI=1S/C17H34N2O3/c1-8-17(7)13(10-14(17)21-9-2)18-11-12(3)19-15(20)22-16(4,5)6/h12-14,18H,8-11H2,1-7H3,(H,19,20). The highest BCUT2D eigenvalue weighted by atomic mass is 16.6. The van der Waals surface area contributed by atoms with Gasteiger partial charge in [-0.25, -0.2) is 4.79 Å². The fourth-order valence-electron chi connectivity index (χ4n) is 2.95. The number of amides is 1. The molecule has 0 aliphatic heterocycles. The molecule has 5 nitrogen and oxygen atoms in total. The summed E-state index contributed by atoms with van der Waals surface area (Å²) in [5.41, 5.74) is -0.279. The molecule has 0 heterocycles. The molecule has 4 unspecified atom stereocenters. The van der Waals surface area contributed by atoms with Crippen molar-refractivity contribution in [2.45, 2.75) is 85.1 Å². The fourth-order valence-corrected chi connectivity index (χ4v) is 2.95. The summed E-state index contributed by atoms with van der Waals surface area (Å²) in [5, 5.41) is 6.43. The minimum Gasteiger partial charge on any atom is -0.444 e. The number of alkyl carbamates (subject to hydrolysis) is 1. The first-order valence-electron chi connectivity index (χ1n) is 8.46. The smallest absolute Gasteiger partial charge is 0.407 e. The molecule has 130 valence electrons. The van der Waals surface area contributed by atoms with Gasteiger partial charge in [-0.05, 0) is 47.5 Å². The monoisotopic (exact) mass is 314 g/mol. The maximum Gasteiger partial charge on any atom is 0.407 e. The zero-order valence-electron chi connectivity index (χ0n) is 15.3. The summed E-state index contributed by atoms with van der Waals surface area (Å²) in [7, 11) is 0. The first kappa shape index (κ1) is 19.2. The van der Waals surface area contributed by atoms with Crippen molar-refractivity contribution >= 4 is 6.09 Å². The minimum atomic E-state index is -0.462. The van der Waals surface area contributed by atoms with Crippen molar-refractivity contribution in [3.05, 3.63) is 0 Å². The van der Waals surface area contributed by atoms with Gasteiger partial charge in [0.2, 0.25) is 0 Å². The predicted octanol–water partition coefficient (Wildman–Crippen LogP) is 3.08. The molecule has 0 aromatic carbocycles. The van der Waals surface area contributed by atoms with Gasteiger partial charge in [-0.15, -0.1) is 0 Å². The maximum absolute atomic E-state index is 11.7. The molecule has 4 atom stereocenters. The van der Waals surface area contributed by atoms with Crippen molar-refractivity contribution < 1.29 is 14.3 Å². The zero-order chi connectivity index (χ0) is 17.0. The molecular formula is C17H34N2O3. The van der Waals surface area contributed by atoms with Gasteiger partial charge in [-0.3, -0.25) is 0 Å². The SMILES string of the molecule is CCOC1CC(NCC(C)NC(=O)OC(C)(C)C)C1(C)CC. The van der Waals surface area contributed by atoms with Crippen LogP contribution in [0.25, 0.3) is 0 Å². The van der Waals surface area contributed by atoms with Crippen LogP contribution in [0.4, 0.5) is 4.79 Å². The van der Waals surface area contributed by atoms with Gasteiger partial charge in [0, 0.05) is 30.7 Å². The van der Waals surface area contributed by atoms with Crippen LogP contribution < -0.4 is 10.6 Å². The summed E-state index contributed by atoms with van der Waals surface area (Å²) >= 11 is 0. The highest BCUT2D eigenvalue weighted by molar-refractivity contribution is 5.68. The third-order valence-corrected chi connectivity index (χ3v) is 4.54. The molecule has 1 rings (SSSR count). The van der Waals surface area contributed by atoms with Crippen LogP contribution in [-0.4, -0.2) is 43.0 Å². The fraction of sp³-hybridized carbons (Fsp3) is 0.941. The Labute approximate surface area is 135 Å². The van der Waals surface area contributed by atoms with Crippen molar-refractivity contribution in [1.82, 2.24) is 10.6 Å². The first-order chi connectivity index (χ1) is 10.1. The number of carbonyl (C=O) groups is 1. The van der Waals surface area contributed by atoms with Gasteiger partial charge in [-0.1, -0.05) is 13.8 Å². The Kier molecular flexibility index (Phi) is 6.68. The van der Waals surface area contributed by atoms with Crippen LogP contribution in [0.5, 0.6) is 0 Å². The summed E-state index contributed by atoms with van der Waals surface area (Å²) in [6.45, 7) is 15.6. The van der Waals surface area contributed by atoms with E-state index in [2.05, 4.69) is 24.5 Å². The van der Waals surface area contributed by atoms with Gasteiger partial charge < -0.3 is 20.1 Å². The minimum absolute atomic E-state index is 0.0297. The molecule has 0 saturated heterocycles. The predicted molar refractivity (Wildman–Crippen MR) is 89.1 cm³/mol. The molecule has 0 aromatic rings. The normalized spacial score (nSPS) is 29.6. The second-order valence-electron chi connectivity index (χ2n) is 7.55. The van der Waals surface area contributed by atoms with E-state index < -0.39 is 5.60 Å². The second-order valence-corrected chi connectivity index (χ2v) is 7.55. The van der Waals surface area contributed by atoms with Crippen molar-refractivity contribution in [1.29, 1.82) is 0 Å². The lowest BCUT2D eigenvalue weighted by atomic mass is 9.61. The molecule has 2 N–H and O–H groups in total. The molecule has 1 fully saturated rings. The van der Waals surface area contributed by atoms with Crippen molar-refractivity contribution in [3.63, 3.8) is 0 Å². The van der Waals surface area contributed by atoms with Crippen molar-refractivity contribution in [2.24, 2.45) is 5.41 Å². The Morgan fingerprint density at radius 1 is 1.36 bits per heavy atom. The van der Waals surface area contributed by atoms with Gasteiger partial charge in [-0.2, -0.15) is 0 Å². The number of hydrogen-bond acceptors (Lipinski definition) is 4. The highest BCUT2D eigenvalue weighted by Crippen LogP contribution is 2.45. The summed E-state index contributed by atoms with van der Waals surface area (Å²) in [6.07, 6.45) is 2.11. The Hall–Kier alpha value is -0.810. The van der Waals surface area contributed by atoms with E-state index >= 15 is 0 Å². The lowest BCUT2D eigenvalue weighted by molar-refractivity contribution is -0.125. The Bertz CT molecular complexity index is 367. The van der Waals surface area contributed by atoms with Gasteiger partial charge in [0.05, 0.1) is 6.10 Å². The number of hydrogen-bond donors (Lipinski definition) is 2. The molecule has 1 aliphatic rings. The van der Waals surface area contributed by atoms with Crippen LogP contribution in [-0.2, 0) is 9.47 Å². The van der Waals surface area contributed by atoms with E-state index in [9.17, 15) is 4.79 Å². The number of rotatable bonds is 7. The van der Waals surface area contributed by atoms with E-state index in [0.717, 1.165) is 26.0 Å². The van der Waals surface area contributed by atoms with Crippen molar-refractivity contribution in [3.8, 4) is 0 Å². The molecule has 0 aromatic heterocycles. The Balaban J connectivity index is 2.36. The molecule has 0 spiro atoms. The van der Waals surface area contributed by atoms with E-state index in [4.69, 9.17) is 9.47 Å². The summed E-state index contributed by atoms with van der Waals surface area (Å²) < 4.78 is 11.1. The summed E-state index contributed by atoms with van der Waals surface area (Å²) in [6, 6.07) is 0.471. The summed E-state index contributed by atoms with van der Waals surface area (Å²) in [5.74, 6) is 0. The van der Waals surface area contributed by atoms with Gasteiger partial charge in [0.15, 0.2) is 0 Å². The molecule has 0 radical (unpaired) electrons. The van der Waals surface area contributed by atoms with E-state index in [1.165, 1.54) is 0 Å². The average Bonchev–Trinajstić information content (AvgIpc) is 2.38. The number of carbonyl (C=O) groups excluding carboxylic acids is 1. The molecular weight excluding hydrogens is 280 g/mol. The lowest BCUT2D eigenvalue weighted by Crippen LogP contribution is -2.63. The third kappa shape index (κ3) is 5.13. The first-order valence-corrected chi connectivity index (χ1v) is 8.46. The Morgan fingerprint density at radius 2 is 2.00 bits per heavy atom. The largest absolute Gasteiger partial charge is 0.444 e. The Morgan fingerprint density at radius 3 is 2.50 bits per heavy atom. The van der Waals surface area contributed by atoms with Crippen LogP contribution in [0.2, 0.25) is 0 Å². The van der Waals surface area contributed by atoms with Crippen LogP contribution >= 0.6 is 0 Å². The topological polar surface area (TPSA) is 59.6 Å². The van der Waals surface area contributed by atoms with Crippen LogP contribution in [0, 0.1) is 5.41 Å². The quantitative estimate of drug-likeness (QED) is 0.758. The van der Waals surface area contributed by atoms with E-state index in [-0.39, 0.29) is 17.6 Å². The van der Waals surface area contributed by atoms with Gasteiger partial charge in [0.25, 0.3) is 0 Å². The number of nitrogens with one attached hydrogen (secondary N) is 2. The molecule has 5 heteroatoms. The van der Waals surface area contributed by atoms with Gasteiger partial charge in [0.1, 0.15) is 5.60 Å². The molecule has 0 bridgehead atoms. The zero-order valence-corrected chi connectivity index (χ0v) is 15.3. The van der Waals surface area contributed by atoms with E-state index in [1.54, 1.807) is 0 Å². The highest BCUT2D eigenvalue weighted by Gasteiger charge is 2.50. The second kappa shape index (κ2) is 7.64. The van der Waals surface area contributed by atoms with E-state index in [0.29, 0.717) is 12.1 Å².